The van der Waals surface area contributed by atoms with Crippen molar-refractivity contribution < 1.29 is 33.0 Å². The fourth-order valence-corrected chi connectivity index (χ4v) is 5.44. The Balaban J connectivity index is 1.57. The van der Waals surface area contributed by atoms with Gasteiger partial charge in [0.1, 0.15) is 5.82 Å². The van der Waals surface area contributed by atoms with Crippen LogP contribution in [0.5, 0.6) is 0 Å². The number of carbonyl (C=O) groups excluding carboxylic acids is 4. The van der Waals surface area contributed by atoms with Gasteiger partial charge in [0.15, 0.2) is 0 Å². The van der Waals surface area contributed by atoms with Gasteiger partial charge >= 0.3 is 11.9 Å². The quantitative estimate of drug-likeness (QED) is 0.447. The smallest absolute Gasteiger partial charge is 0.336 e. The fourth-order valence-electron chi connectivity index (χ4n) is 5.44. The van der Waals surface area contributed by atoms with E-state index in [9.17, 15) is 23.6 Å². The molecular formula is C31H35FN2O6. The number of nitrogens with zero attached hydrogens (tertiary/aromatic N) is 2. The van der Waals surface area contributed by atoms with Crippen molar-refractivity contribution in [3.05, 3.63) is 82.3 Å². The molecule has 2 aromatic carbocycles. The summed E-state index contributed by atoms with van der Waals surface area (Å²) in [6.07, 6.45) is 1.43. The Kier molecular flexibility index (Phi) is 9.34. The largest absolute Gasteiger partial charge is 0.466 e. The van der Waals surface area contributed by atoms with Gasteiger partial charge in [-0.2, -0.15) is 0 Å². The predicted octanol–water partition coefficient (Wildman–Crippen LogP) is 4.59. The summed E-state index contributed by atoms with van der Waals surface area (Å²) in [4.78, 5) is 55.1. The minimum Gasteiger partial charge on any atom is -0.466 e. The molecule has 2 aliphatic rings. The third-order valence-electron chi connectivity index (χ3n) is 7.43. The maximum Gasteiger partial charge on any atom is 0.336 e. The summed E-state index contributed by atoms with van der Waals surface area (Å²) in [5.41, 5.74) is 2.67. The molecule has 0 saturated carbocycles. The van der Waals surface area contributed by atoms with E-state index in [0.717, 1.165) is 5.56 Å². The summed E-state index contributed by atoms with van der Waals surface area (Å²) >= 11 is 0. The number of carbonyl (C=O) groups is 4. The van der Waals surface area contributed by atoms with E-state index in [0.29, 0.717) is 54.9 Å². The molecule has 0 aromatic heterocycles. The number of likely N-dealkylation sites (tertiary alicyclic amines) is 1. The fraction of sp³-hybridized carbons (Fsp3) is 0.419. The Morgan fingerprint density at radius 1 is 1.02 bits per heavy atom. The second kappa shape index (κ2) is 12.9. The van der Waals surface area contributed by atoms with E-state index in [2.05, 4.69) is 0 Å². The Bertz CT molecular complexity index is 1310. The first kappa shape index (κ1) is 29.0. The zero-order valence-electron chi connectivity index (χ0n) is 23.2. The van der Waals surface area contributed by atoms with Crippen LogP contribution in [0.15, 0.2) is 59.8 Å². The minimum absolute atomic E-state index is 0.0266. The minimum atomic E-state index is -0.553. The molecule has 2 heterocycles. The highest BCUT2D eigenvalue weighted by Gasteiger charge is 2.37. The lowest BCUT2D eigenvalue weighted by Gasteiger charge is -2.34. The highest BCUT2D eigenvalue weighted by Crippen LogP contribution is 2.38. The Morgan fingerprint density at radius 3 is 2.45 bits per heavy atom. The van der Waals surface area contributed by atoms with Crippen molar-refractivity contribution in [2.24, 2.45) is 5.92 Å². The SMILES string of the molecule is CCOC(=O)C1=C(C)N(Cc2cccc(C(=O)N3CCCC(C(=O)OCC)C3)c2)C(=O)CC1c1ccc(F)cc1. The Labute approximate surface area is 233 Å². The Morgan fingerprint density at radius 2 is 1.75 bits per heavy atom. The van der Waals surface area contributed by atoms with Crippen LogP contribution in [-0.4, -0.2) is 59.9 Å². The maximum absolute atomic E-state index is 13.6. The van der Waals surface area contributed by atoms with E-state index < -0.39 is 17.7 Å². The molecule has 2 amide bonds. The number of ether oxygens (including phenoxy) is 2. The third kappa shape index (κ3) is 6.41. The van der Waals surface area contributed by atoms with Gasteiger partial charge in [0, 0.05) is 36.7 Å². The molecule has 2 aliphatic heterocycles. The maximum atomic E-state index is 13.6. The summed E-state index contributed by atoms with van der Waals surface area (Å²) in [5, 5.41) is 0. The van der Waals surface area contributed by atoms with Crippen molar-refractivity contribution in [3.63, 3.8) is 0 Å². The molecule has 2 atom stereocenters. The van der Waals surface area contributed by atoms with Crippen LogP contribution in [0.1, 0.15) is 67.4 Å². The van der Waals surface area contributed by atoms with Crippen molar-refractivity contribution in [2.75, 3.05) is 26.3 Å². The molecule has 2 aromatic rings. The summed E-state index contributed by atoms with van der Waals surface area (Å²) < 4.78 is 24.0. The molecule has 2 unspecified atom stereocenters. The molecule has 212 valence electrons. The summed E-state index contributed by atoms with van der Waals surface area (Å²) in [6.45, 7) is 6.69. The lowest BCUT2D eigenvalue weighted by atomic mass is 9.83. The van der Waals surface area contributed by atoms with Crippen LogP contribution in [0.2, 0.25) is 0 Å². The summed E-state index contributed by atoms with van der Waals surface area (Å²) in [6, 6.07) is 12.8. The molecule has 4 rings (SSSR count). The van der Waals surface area contributed by atoms with Crippen LogP contribution in [0.4, 0.5) is 4.39 Å². The highest BCUT2D eigenvalue weighted by molar-refractivity contribution is 5.96. The molecule has 0 N–H and O–H groups in total. The van der Waals surface area contributed by atoms with Crippen LogP contribution < -0.4 is 0 Å². The second-order valence-electron chi connectivity index (χ2n) is 10.1. The monoisotopic (exact) mass is 550 g/mol. The molecule has 9 heteroatoms. The van der Waals surface area contributed by atoms with Gasteiger partial charge in [-0.05, 0) is 69.0 Å². The van der Waals surface area contributed by atoms with Crippen molar-refractivity contribution in [1.82, 2.24) is 9.80 Å². The van der Waals surface area contributed by atoms with Crippen molar-refractivity contribution in [3.8, 4) is 0 Å². The standard InChI is InChI=1S/C31H35FN2O6/c1-4-39-30(37)24-10-7-15-33(19-24)29(36)23-9-6-8-21(16-23)18-34-20(3)28(31(38)40-5-2)26(17-27(34)35)22-11-13-25(32)14-12-22/h6,8-9,11-14,16,24,26H,4-5,7,10,15,17-19H2,1-3H3. The van der Waals surface area contributed by atoms with Gasteiger partial charge in [-0.3, -0.25) is 14.4 Å². The van der Waals surface area contributed by atoms with Crippen LogP contribution in [0.3, 0.4) is 0 Å². The number of hydrogen-bond acceptors (Lipinski definition) is 6. The average molecular weight is 551 g/mol. The predicted molar refractivity (Wildman–Crippen MR) is 145 cm³/mol. The molecule has 1 saturated heterocycles. The first-order valence-electron chi connectivity index (χ1n) is 13.7. The topological polar surface area (TPSA) is 93.2 Å². The molecule has 0 aliphatic carbocycles. The second-order valence-corrected chi connectivity index (χ2v) is 10.1. The molecule has 0 radical (unpaired) electrons. The van der Waals surface area contributed by atoms with Gasteiger partial charge in [0.2, 0.25) is 5.91 Å². The zero-order valence-corrected chi connectivity index (χ0v) is 23.2. The van der Waals surface area contributed by atoms with Crippen LogP contribution in [0, 0.1) is 11.7 Å². The molecule has 1 fully saturated rings. The van der Waals surface area contributed by atoms with Crippen molar-refractivity contribution in [1.29, 1.82) is 0 Å². The molecule has 8 nitrogen and oxygen atoms in total. The molecular weight excluding hydrogens is 515 g/mol. The normalized spacial score (nSPS) is 19.4. The molecule has 40 heavy (non-hydrogen) atoms. The number of rotatable bonds is 8. The lowest BCUT2D eigenvalue weighted by Crippen LogP contribution is -2.42. The number of hydrogen-bond donors (Lipinski definition) is 0. The number of halogens is 1. The van der Waals surface area contributed by atoms with E-state index in [-0.39, 0.29) is 43.3 Å². The van der Waals surface area contributed by atoms with Crippen molar-refractivity contribution >= 4 is 23.8 Å². The van der Waals surface area contributed by atoms with Gasteiger partial charge in [0.05, 0.1) is 31.2 Å². The van der Waals surface area contributed by atoms with Gasteiger partial charge in [-0.25, -0.2) is 9.18 Å². The average Bonchev–Trinajstić information content (AvgIpc) is 2.95. The van der Waals surface area contributed by atoms with Crippen LogP contribution >= 0.6 is 0 Å². The van der Waals surface area contributed by atoms with Crippen LogP contribution in [-0.2, 0) is 30.4 Å². The van der Waals surface area contributed by atoms with Gasteiger partial charge in [-0.1, -0.05) is 24.3 Å². The van der Waals surface area contributed by atoms with Crippen molar-refractivity contribution in [2.45, 2.75) is 52.5 Å². The van der Waals surface area contributed by atoms with Gasteiger partial charge in [0.25, 0.3) is 5.91 Å². The molecule has 0 bridgehead atoms. The third-order valence-corrected chi connectivity index (χ3v) is 7.43. The number of benzene rings is 2. The number of piperidine rings is 1. The highest BCUT2D eigenvalue weighted by atomic mass is 19.1. The Hall–Kier alpha value is -4.01. The number of amides is 2. The molecule has 0 spiro atoms. The van der Waals surface area contributed by atoms with E-state index in [1.165, 1.54) is 17.0 Å². The van der Waals surface area contributed by atoms with E-state index in [4.69, 9.17) is 9.47 Å². The lowest BCUT2D eigenvalue weighted by molar-refractivity contribution is -0.149. The van der Waals surface area contributed by atoms with Gasteiger partial charge < -0.3 is 19.3 Å². The first-order valence-corrected chi connectivity index (χ1v) is 13.7. The van der Waals surface area contributed by atoms with Gasteiger partial charge in [-0.15, -0.1) is 0 Å². The van der Waals surface area contributed by atoms with E-state index in [1.807, 2.05) is 6.07 Å². The summed E-state index contributed by atoms with van der Waals surface area (Å²) in [5.74, 6) is -2.46. The zero-order chi connectivity index (χ0) is 28.8. The van der Waals surface area contributed by atoms with Crippen LogP contribution in [0.25, 0.3) is 0 Å². The van der Waals surface area contributed by atoms with E-state index >= 15 is 0 Å². The first-order chi connectivity index (χ1) is 19.2. The number of esters is 2. The number of allylic oxidation sites excluding steroid dienone is 1. The summed E-state index contributed by atoms with van der Waals surface area (Å²) in [7, 11) is 0. The van der Waals surface area contributed by atoms with E-state index in [1.54, 1.807) is 56.0 Å².